The van der Waals surface area contributed by atoms with Crippen LogP contribution in [0.1, 0.15) is 13.3 Å². The predicted octanol–water partition coefficient (Wildman–Crippen LogP) is 2.89. The maximum absolute atomic E-state index is 12.4. The van der Waals surface area contributed by atoms with Gasteiger partial charge in [0.05, 0.1) is 0 Å². The van der Waals surface area contributed by atoms with Crippen LogP contribution in [0, 0.1) is 0 Å². The predicted molar refractivity (Wildman–Crippen MR) is 35.2 cm³/mol. The molecule has 0 radical (unpaired) electrons. The molecule has 0 aliphatic rings. The fourth-order valence-electron chi connectivity index (χ4n) is 0.603. The monoisotopic (exact) mass is 170 g/mol. The molecule has 0 aromatic heterocycles. The maximum atomic E-state index is 12.4. The van der Waals surface area contributed by atoms with Crippen LogP contribution in [0.25, 0.3) is 0 Å². The van der Waals surface area contributed by atoms with Gasteiger partial charge in [-0.05, 0) is 6.92 Å². The summed E-state index contributed by atoms with van der Waals surface area (Å²) in [4.78, 5) is 0. The molecule has 0 amide bonds. The Labute approximate surface area is 62.9 Å². The zero-order chi connectivity index (χ0) is 9.07. The minimum Gasteiger partial charge on any atom is -0.244 e. The first-order chi connectivity index (χ1) is 4.87. The number of hydrogen-bond donors (Lipinski definition) is 0. The molecule has 0 spiro atoms. The Morgan fingerprint density at radius 1 is 1.45 bits per heavy atom. The van der Waals surface area contributed by atoms with E-state index in [2.05, 4.69) is 6.58 Å². The van der Waals surface area contributed by atoms with Crippen LogP contribution in [0.5, 0.6) is 0 Å². The number of allylic oxidation sites excluding steroid dienone is 1. The van der Waals surface area contributed by atoms with Crippen LogP contribution in [0.2, 0.25) is 0 Å². The van der Waals surface area contributed by atoms with E-state index in [1.54, 1.807) is 0 Å². The van der Waals surface area contributed by atoms with Gasteiger partial charge in [0, 0.05) is 6.42 Å². The Morgan fingerprint density at radius 2 is 1.91 bits per heavy atom. The van der Waals surface area contributed by atoms with Gasteiger partial charge in [0.15, 0.2) is 0 Å². The van der Waals surface area contributed by atoms with Crippen molar-refractivity contribution >= 4 is 0 Å². The van der Waals surface area contributed by atoms with Gasteiger partial charge in [-0.25, -0.2) is 17.6 Å². The van der Waals surface area contributed by atoms with Crippen LogP contribution in [0.4, 0.5) is 17.6 Å². The van der Waals surface area contributed by atoms with E-state index in [-0.39, 0.29) is 0 Å². The Balaban J connectivity index is 3.86. The Hall–Kier alpha value is -0.540. The van der Waals surface area contributed by atoms with Crippen molar-refractivity contribution in [3.63, 3.8) is 0 Å². The van der Waals surface area contributed by atoms with Crippen LogP contribution >= 0.6 is 0 Å². The molecule has 0 N–H and O–H groups in total. The highest BCUT2D eigenvalue weighted by atomic mass is 19.3. The molecule has 66 valence electrons. The van der Waals surface area contributed by atoms with E-state index in [4.69, 9.17) is 0 Å². The van der Waals surface area contributed by atoms with Gasteiger partial charge in [-0.1, -0.05) is 6.08 Å². The van der Waals surface area contributed by atoms with Crippen molar-refractivity contribution in [2.45, 2.75) is 31.6 Å². The fraction of sp³-hybridized carbons (Fsp3) is 0.714. The first kappa shape index (κ1) is 10.5. The first-order valence-electron chi connectivity index (χ1n) is 3.15. The molecule has 0 bridgehead atoms. The van der Waals surface area contributed by atoms with E-state index in [9.17, 15) is 17.6 Å². The van der Waals surface area contributed by atoms with E-state index in [0.29, 0.717) is 13.0 Å². The zero-order valence-electron chi connectivity index (χ0n) is 6.16. The van der Waals surface area contributed by atoms with E-state index < -0.39 is 24.7 Å². The van der Waals surface area contributed by atoms with E-state index in [0.717, 1.165) is 0 Å². The standard InChI is InChI=1S/C7H10F4/c1-3-5(8)6(9)4-7(2,10)11/h3,5-6H,1,4H2,2H3. The van der Waals surface area contributed by atoms with Crippen molar-refractivity contribution in [3.8, 4) is 0 Å². The molecular weight excluding hydrogens is 160 g/mol. The van der Waals surface area contributed by atoms with Gasteiger partial charge in [-0.2, -0.15) is 0 Å². The largest absolute Gasteiger partial charge is 0.248 e. The Bertz CT molecular complexity index is 127. The minimum atomic E-state index is -3.16. The summed E-state index contributed by atoms with van der Waals surface area (Å²) >= 11 is 0. The third-order valence-corrected chi connectivity index (χ3v) is 1.12. The second-order valence-electron chi connectivity index (χ2n) is 2.47. The molecule has 0 saturated heterocycles. The van der Waals surface area contributed by atoms with E-state index in [1.165, 1.54) is 0 Å². The number of halogens is 4. The molecular formula is C7H10F4. The molecule has 0 aliphatic heterocycles. The van der Waals surface area contributed by atoms with Crippen molar-refractivity contribution in [2.24, 2.45) is 0 Å². The number of alkyl halides is 4. The molecule has 0 fully saturated rings. The lowest BCUT2D eigenvalue weighted by atomic mass is 10.1. The van der Waals surface area contributed by atoms with Crippen LogP contribution < -0.4 is 0 Å². The Kier molecular flexibility index (Phi) is 3.55. The molecule has 4 heteroatoms. The highest BCUT2D eigenvalue weighted by Crippen LogP contribution is 2.23. The summed E-state index contributed by atoms with van der Waals surface area (Å²) in [5, 5.41) is 0. The number of rotatable bonds is 4. The van der Waals surface area contributed by atoms with Gasteiger partial charge in [0.25, 0.3) is 0 Å². The normalized spacial score (nSPS) is 17.5. The van der Waals surface area contributed by atoms with Crippen molar-refractivity contribution < 1.29 is 17.6 Å². The van der Waals surface area contributed by atoms with Crippen LogP contribution in [0.3, 0.4) is 0 Å². The molecule has 0 nitrogen and oxygen atoms in total. The highest BCUT2D eigenvalue weighted by molar-refractivity contribution is 4.86. The quantitative estimate of drug-likeness (QED) is 0.449. The molecule has 0 aromatic carbocycles. The first-order valence-corrected chi connectivity index (χ1v) is 3.15. The molecule has 0 saturated carbocycles. The highest BCUT2D eigenvalue weighted by Gasteiger charge is 2.30. The van der Waals surface area contributed by atoms with E-state index in [1.807, 2.05) is 0 Å². The van der Waals surface area contributed by atoms with Crippen LogP contribution in [-0.4, -0.2) is 18.3 Å². The van der Waals surface area contributed by atoms with Crippen molar-refractivity contribution in [3.05, 3.63) is 12.7 Å². The summed E-state index contributed by atoms with van der Waals surface area (Å²) in [6.45, 7) is 3.50. The molecule has 0 rings (SSSR count). The lowest BCUT2D eigenvalue weighted by molar-refractivity contribution is -0.0194. The lowest BCUT2D eigenvalue weighted by Crippen LogP contribution is -2.24. The summed E-state index contributed by atoms with van der Waals surface area (Å²) in [7, 11) is 0. The Morgan fingerprint density at radius 3 is 2.18 bits per heavy atom. The van der Waals surface area contributed by atoms with E-state index >= 15 is 0 Å². The lowest BCUT2D eigenvalue weighted by Gasteiger charge is -2.14. The topological polar surface area (TPSA) is 0 Å². The SMILES string of the molecule is C=CC(F)C(F)CC(C)(F)F. The zero-order valence-corrected chi connectivity index (χ0v) is 6.16. The summed E-state index contributed by atoms with van der Waals surface area (Å²) < 4.78 is 48.7. The molecule has 11 heavy (non-hydrogen) atoms. The van der Waals surface area contributed by atoms with Gasteiger partial charge >= 0.3 is 0 Å². The molecule has 2 atom stereocenters. The second-order valence-corrected chi connectivity index (χ2v) is 2.47. The molecule has 2 unspecified atom stereocenters. The average Bonchev–Trinajstić information content (AvgIpc) is 1.82. The second kappa shape index (κ2) is 3.74. The van der Waals surface area contributed by atoms with Gasteiger partial charge in [0.1, 0.15) is 12.3 Å². The summed E-state index contributed by atoms with van der Waals surface area (Å²) in [6.07, 6.45) is -4.58. The fourth-order valence-corrected chi connectivity index (χ4v) is 0.603. The van der Waals surface area contributed by atoms with Crippen LogP contribution in [-0.2, 0) is 0 Å². The van der Waals surface area contributed by atoms with Crippen molar-refractivity contribution in [1.29, 1.82) is 0 Å². The molecule has 0 aliphatic carbocycles. The smallest absolute Gasteiger partial charge is 0.244 e. The number of hydrogen-bond acceptors (Lipinski definition) is 0. The minimum absolute atomic E-state index is 0.551. The van der Waals surface area contributed by atoms with Crippen molar-refractivity contribution in [1.82, 2.24) is 0 Å². The van der Waals surface area contributed by atoms with Crippen LogP contribution in [0.15, 0.2) is 12.7 Å². The maximum Gasteiger partial charge on any atom is 0.248 e. The summed E-state index contributed by atoms with van der Waals surface area (Å²) in [6, 6.07) is 0. The van der Waals surface area contributed by atoms with Gasteiger partial charge < -0.3 is 0 Å². The third-order valence-electron chi connectivity index (χ3n) is 1.12. The third kappa shape index (κ3) is 4.81. The molecule has 0 aromatic rings. The average molecular weight is 170 g/mol. The van der Waals surface area contributed by atoms with Crippen molar-refractivity contribution in [2.75, 3.05) is 0 Å². The summed E-state index contributed by atoms with van der Waals surface area (Å²) in [5.41, 5.74) is 0. The molecule has 0 heterocycles. The summed E-state index contributed by atoms with van der Waals surface area (Å²) in [5.74, 6) is -3.16. The van der Waals surface area contributed by atoms with Gasteiger partial charge in [-0.3, -0.25) is 0 Å². The van der Waals surface area contributed by atoms with Gasteiger partial charge in [-0.15, -0.1) is 6.58 Å². The van der Waals surface area contributed by atoms with Gasteiger partial charge in [0.2, 0.25) is 5.92 Å².